The molecule has 2 aromatic carbocycles. The van der Waals surface area contributed by atoms with E-state index in [2.05, 4.69) is 5.32 Å². The van der Waals surface area contributed by atoms with Gasteiger partial charge in [-0.25, -0.2) is 14.0 Å². The molecule has 3 rings (SSSR count). The number of ether oxygens (including phenoxy) is 3. The molecule has 0 atom stereocenters. The van der Waals surface area contributed by atoms with E-state index < -0.39 is 23.5 Å². The van der Waals surface area contributed by atoms with Crippen molar-refractivity contribution in [3.05, 3.63) is 65.1 Å². The lowest BCUT2D eigenvalue weighted by atomic mass is 10.2. The highest BCUT2D eigenvalue weighted by Gasteiger charge is 2.39. The molecule has 2 aromatic rings. The number of nitrogens with one attached hydrogen (secondary N) is 1. The highest BCUT2D eigenvalue weighted by Crippen LogP contribution is 2.33. The summed E-state index contributed by atoms with van der Waals surface area (Å²) in [6, 6.07) is 10.3. The normalized spacial score (nSPS) is 15.6. The molecule has 1 heterocycles. The molecule has 0 bridgehead atoms. The number of carbonyl (C=O) groups excluding carboxylic acids is 2. The van der Waals surface area contributed by atoms with Crippen LogP contribution >= 0.6 is 11.6 Å². The molecule has 1 aliphatic rings. The van der Waals surface area contributed by atoms with E-state index in [4.69, 9.17) is 25.8 Å². The van der Waals surface area contributed by atoms with Gasteiger partial charge in [0.15, 0.2) is 11.3 Å². The molecular formula is C19H15ClFNO5. The van der Waals surface area contributed by atoms with Crippen LogP contribution in [0.4, 0.5) is 10.1 Å². The third-order valence-electron chi connectivity index (χ3n) is 3.45. The van der Waals surface area contributed by atoms with Crippen LogP contribution in [0.3, 0.4) is 0 Å². The van der Waals surface area contributed by atoms with Gasteiger partial charge >= 0.3 is 11.9 Å². The SMILES string of the molecule is CC1(C)OC(=O)C(=CNc2cc(Cl)ccc2Oc2cccc(F)c2)C(=O)O1. The smallest absolute Gasteiger partial charge is 0.350 e. The Labute approximate surface area is 159 Å². The third kappa shape index (κ3) is 4.57. The number of hydrogen-bond donors (Lipinski definition) is 1. The van der Waals surface area contributed by atoms with Gasteiger partial charge in [0.25, 0.3) is 5.79 Å². The molecule has 140 valence electrons. The fourth-order valence-electron chi connectivity index (χ4n) is 2.29. The Morgan fingerprint density at radius 3 is 2.48 bits per heavy atom. The van der Waals surface area contributed by atoms with E-state index in [9.17, 15) is 14.0 Å². The molecule has 0 amide bonds. The average Bonchev–Trinajstić information content (AvgIpc) is 2.55. The minimum absolute atomic E-state index is 0.270. The molecule has 1 fully saturated rings. The van der Waals surface area contributed by atoms with Crippen molar-refractivity contribution in [2.24, 2.45) is 0 Å². The van der Waals surface area contributed by atoms with Crippen LogP contribution < -0.4 is 10.1 Å². The maximum absolute atomic E-state index is 13.3. The van der Waals surface area contributed by atoms with Crippen LogP contribution in [0.15, 0.2) is 54.2 Å². The second-order valence-corrected chi connectivity index (χ2v) is 6.52. The first-order valence-electron chi connectivity index (χ1n) is 7.90. The van der Waals surface area contributed by atoms with Gasteiger partial charge in [-0.2, -0.15) is 0 Å². The molecule has 0 saturated carbocycles. The fourth-order valence-corrected chi connectivity index (χ4v) is 2.46. The third-order valence-corrected chi connectivity index (χ3v) is 3.69. The fraction of sp³-hybridized carbons (Fsp3) is 0.158. The topological polar surface area (TPSA) is 73.9 Å². The van der Waals surface area contributed by atoms with E-state index in [0.717, 1.165) is 6.20 Å². The molecule has 0 radical (unpaired) electrons. The molecule has 27 heavy (non-hydrogen) atoms. The van der Waals surface area contributed by atoms with Crippen LogP contribution in [0.2, 0.25) is 5.02 Å². The molecule has 8 heteroatoms. The minimum Gasteiger partial charge on any atom is -0.455 e. The van der Waals surface area contributed by atoms with Gasteiger partial charge in [0.1, 0.15) is 11.6 Å². The number of benzene rings is 2. The lowest BCUT2D eigenvalue weighted by Gasteiger charge is -2.29. The average molecular weight is 392 g/mol. The molecule has 1 saturated heterocycles. The van der Waals surface area contributed by atoms with E-state index in [0.29, 0.717) is 16.5 Å². The van der Waals surface area contributed by atoms with Crippen LogP contribution in [0.25, 0.3) is 0 Å². The van der Waals surface area contributed by atoms with Crippen LogP contribution in [-0.4, -0.2) is 17.7 Å². The van der Waals surface area contributed by atoms with Gasteiger partial charge in [-0.05, 0) is 30.3 Å². The van der Waals surface area contributed by atoms with Crippen LogP contribution in [0, 0.1) is 5.82 Å². The number of esters is 2. The summed E-state index contributed by atoms with van der Waals surface area (Å²) in [6.45, 7) is 2.91. The number of halogens is 2. The Kier molecular flexibility index (Phi) is 5.05. The van der Waals surface area contributed by atoms with Crippen LogP contribution in [0.5, 0.6) is 11.5 Å². The van der Waals surface area contributed by atoms with Crippen molar-refractivity contribution in [2.75, 3.05) is 5.32 Å². The second-order valence-electron chi connectivity index (χ2n) is 6.08. The van der Waals surface area contributed by atoms with Gasteiger partial charge in [-0.1, -0.05) is 17.7 Å². The Bertz CT molecular complexity index is 919. The number of rotatable bonds is 4. The van der Waals surface area contributed by atoms with Crippen molar-refractivity contribution >= 4 is 29.2 Å². The van der Waals surface area contributed by atoms with Crippen molar-refractivity contribution in [3.8, 4) is 11.5 Å². The highest BCUT2D eigenvalue weighted by molar-refractivity contribution is 6.31. The van der Waals surface area contributed by atoms with Gasteiger partial charge in [-0.3, -0.25) is 0 Å². The largest absolute Gasteiger partial charge is 0.455 e. The van der Waals surface area contributed by atoms with Crippen molar-refractivity contribution < 1.29 is 28.2 Å². The van der Waals surface area contributed by atoms with E-state index >= 15 is 0 Å². The highest BCUT2D eigenvalue weighted by atomic mass is 35.5. The first-order valence-corrected chi connectivity index (χ1v) is 8.28. The molecule has 0 unspecified atom stereocenters. The van der Waals surface area contributed by atoms with E-state index in [1.165, 1.54) is 38.1 Å². The lowest BCUT2D eigenvalue weighted by molar-refractivity contribution is -0.222. The Hall–Kier alpha value is -3.06. The lowest BCUT2D eigenvalue weighted by Crippen LogP contribution is -2.42. The number of cyclic esters (lactones) is 2. The van der Waals surface area contributed by atoms with Gasteiger partial charge in [-0.15, -0.1) is 0 Å². The van der Waals surface area contributed by atoms with E-state index in [-0.39, 0.29) is 11.3 Å². The first-order chi connectivity index (χ1) is 12.7. The summed E-state index contributed by atoms with van der Waals surface area (Å²) in [5, 5.41) is 3.17. The predicted octanol–water partition coefficient (Wildman–Crippen LogP) is 4.40. The van der Waals surface area contributed by atoms with Crippen molar-refractivity contribution in [1.29, 1.82) is 0 Å². The summed E-state index contributed by atoms with van der Waals surface area (Å²) in [6.07, 6.45) is 1.14. The van der Waals surface area contributed by atoms with Crippen LogP contribution in [-0.2, 0) is 19.1 Å². The maximum Gasteiger partial charge on any atom is 0.350 e. The molecule has 0 spiro atoms. The maximum atomic E-state index is 13.3. The molecule has 0 aromatic heterocycles. The zero-order chi connectivity index (χ0) is 19.6. The summed E-state index contributed by atoms with van der Waals surface area (Å²) >= 11 is 6.00. The van der Waals surface area contributed by atoms with Crippen molar-refractivity contribution in [3.63, 3.8) is 0 Å². The summed E-state index contributed by atoms with van der Waals surface area (Å²) < 4.78 is 29.0. The standard InChI is InChI=1S/C19H15ClFNO5/c1-19(2)26-17(23)14(18(24)27-19)10-22-15-8-11(20)6-7-16(15)25-13-5-3-4-12(21)9-13/h3-10,22H,1-2H3. The van der Waals surface area contributed by atoms with Gasteiger partial charge in [0, 0.05) is 31.1 Å². The zero-order valence-corrected chi connectivity index (χ0v) is 15.2. The number of anilines is 1. The Morgan fingerprint density at radius 1 is 1.11 bits per heavy atom. The zero-order valence-electron chi connectivity index (χ0n) is 14.4. The van der Waals surface area contributed by atoms with Gasteiger partial charge in [0.2, 0.25) is 0 Å². The number of carbonyl (C=O) groups is 2. The molecule has 0 aliphatic carbocycles. The molecule has 1 N–H and O–H groups in total. The summed E-state index contributed by atoms with van der Waals surface area (Å²) in [5.41, 5.74) is 0.0377. The van der Waals surface area contributed by atoms with E-state index in [1.807, 2.05) is 0 Å². The second kappa shape index (κ2) is 7.28. The molecule has 1 aliphatic heterocycles. The summed E-state index contributed by atoms with van der Waals surface area (Å²) in [4.78, 5) is 24.0. The quantitative estimate of drug-likeness (QED) is 0.473. The van der Waals surface area contributed by atoms with Crippen molar-refractivity contribution in [2.45, 2.75) is 19.6 Å². The molecular weight excluding hydrogens is 377 g/mol. The first kappa shape index (κ1) is 18.7. The minimum atomic E-state index is -1.33. The predicted molar refractivity (Wildman–Crippen MR) is 95.9 cm³/mol. The van der Waals surface area contributed by atoms with Crippen LogP contribution in [0.1, 0.15) is 13.8 Å². The monoisotopic (exact) mass is 391 g/mol. The Morgan fingerprint density at radius 2 is 1.81 bits per heavy atom. The van der Waals surface area contributed by atoms with Gasteiger partial charge < -0.3 is 19.5 Å². The van der Waals surface area contributed by atoms with E-state index in [1.54, 1.807) is 18.2 Å². The van der Waals surface area contributed by atoms with Gasteiger partial charge in [0.05, 0.1) is 5.69 Å². The number of hydrogen-bond acceptors (Lipinski definition) is 6. The Balaban J connectivity index is 1.85. The molecule has 6 nitrogen and oxygen atoms in total. The summed E-state index contributed by atoms with van der Waals surface area (Å²) in [7, 11) is 0. The summed E-state index contributed by atoms with van der Waals surface area (Å²) in [5.74, 6) is -2.84. The van der Waals surface area contributed by atoms with Crippen molar-refractivity contribution in [1.82, 2.24) is 0 Å².